The summed E-state index contributed by atoms with van der Waals surface area (Å²) >= 11 is 1.50. The summed E-state index contributed by atoms with van der Waals surface area (Å²) in [7, 11) is 0. The Hall–Kier alpha value is -2.54. The largest absolute Gasteiger partial charge is 0.454 e. The molecule has 0 saturated carbocycles. The first kappa shape index (κ1) is 19.8. The standard InChI is InChI=1S/C22H25NO5S/c1-3-14-5-7-19-16(8-14)10-20(29-19)22(25)28-13(2)21(24)23-11-15-4-6-17-18(9-15)27-12-26-17/h4,6,9-10,13-14H,3,5,7-8,11-12H2,1-2H3,(H,23,24). The van der Waals surface area contributed by atoms with E-state index in [0.717, 1.165) is 24.8 Å². The summed E-state index contributed by atoms with van der Waals surface area (Å²) in [5.74, 6) is 1.31. The third-order valence-electron chi connectivity index (χ3n) is 5.52. The molecule has 0 radical (unpaired) electrons. The van der Waals surface area contributed by atoms with Gasteiger partial charge in [0.15, 0.2) is 17.6 Å². The number of hydrogen-bond acceptors (Lipinski definition) is 6. The molecule has 1 amide bonds. The molecule has 2 aliphatic rings. The van der Waals surface area contributed by atoms with Crippen LogP contribution in [0.4, 0.5) is 0 Å². The van der Waals surface area contributed by atoms with Crippen molar-refractivity contribution in [1.29, 1.82) is 0 Å². The average Bonchev–Trinajstić information content (AvgIpc) is 3.37. The maximum atomic E-state index is 12.5. The van der Waals surface area contributed by atoms with E-state index in [9.17, 15) is 9.59 Å². The number of esters is 1. The van der Waals surface area contributed by atoms with E-state index in [2.05, 4.69) is 12.2 Å². The lowest BCUT2D eigenvalue weighted by Gasteiger charge is -2.19. The van der Waals surface area contributed by atoms with Gasteiger partial charge in [-0.1, -0.05) is 19.4 Å². The second-order valence-electron chi connectivity index (χ2n) is 7.53. The number of rotatable bonds is 6. The Morgan fingerprint density at radius 2 is 2.10 bits per heavy atom. The van der Waals surface area contributed by atoms with E-state index in [0.29, 0.717) is 28.8 Å². The quantitative estimate of drug-likeness (QED) is 0.726. The first-order valence-electron chi connectivity index (χ1n) is 10.0. The molecule has 0 bridgehead atoms. The van der Waals surface area contributed by atoms with E-state index < -0.39 is 12.1 Å². The van der Waals surface area contributed by atoms with Crippen LogP contribution >= 0.6 is 11.3 Å². The summed E-state index contributed by atoms with van der Waals surface area (Å²) < 4.78 is 16.0. The molecule has 1 aromatic heterocycles. The fourth-order valence-corrected chi connectivity index (χ4v) is 4.80. The van der Waals surface area contributed by atoms with E-state index in [1.165, 1.54) is 28.2 Å². The van der Waals surface area contributed by atoms with Gasteiger partial charge in [0.1, 0.15) is 4.88 Å². The molecule has 29 heavy (non-hydrogen) atoms. The van der Waals surface area contributed by atoms with Crippen molar-refractivity contribution >= 4 is 23.2 Å². The summed E-state index contributed by atoms with van der Waals surface area (Å²) in [5, 5.41) is 2.80. The minimum atomic E-state index is -0.862. The maximum Gasteiger partial charge on any atom is 0.349 e. The molecule has 1 aromatic carbocycles. The summed E-state index contributed by atoms with van der Waals surface area (Å²) in [6.07, 6.45) is 3.53. The summed E-state index contributed by atoms with van der Waals surface area (Å²) in [4.78, 5) is 26.7. The second-order valence-corrected chi connectivity index (χ2v) is 8.67. The van der Waals surface area contributed by atoms with Crippen molar-refractivity contribution in [1.82, 2.24) is 5.32 Å². The van der Waals surface area contributed by atoms with Crippen LogP contribution in [0.5, 0.6) is 11.5 Å². The zero-order valence-electron chi connectivity index (χ0n) is 16.7. The van der Waals surface area contributed by atoms with Crippen molar-refractivity contribution in [2.45, 2.75) is 52.2 Å². The van der Waals surface area contributed by atoms with Crippen molar-refractivity contribution in [2.24, 2.45) is 5.92 Å². The second kappa shape index (κ2) is 8.45. The van der Waals surface area contributed by atoms with Crippen LogP contribution in [0.1, 0.15) is 52.4 Å². The van der Waals surface area contributed by atoms with Crippen molar-refractivity contribution in [2.75, 3.05) is 6.79 Å². The SMILES string of the molecule is CCC1CCc2sc(C(=O)OC(C)C(=O)NCc3ccc4c(c3)OCO4)cc2C1. The number of aryl methyl sites for hydroxylation is 1. The Morgan fingerprint density at radius 3 is 2.93 bits per heavy atom. The Bertz CT molecular complexity index is 922. The average molecular weight is 416 g/mol. The molecule has 2 aromatic rings. The highest BCUT2D eigenvalue weighted by Crippen LogP contribution is 2.34. The van der Waals surface area contributed by atoms with Crippen LogP contribution in [0.15, 0.2) is 24.3 Å². The number of ether oxygens (including phenoxy) is 3. The van der Waals surface area contributed by atoms with Gasteiger partial charge in [0.05, 0.1) is 0 Å². The molecule has 1 N–H and O–H groups in total. The van der Waals surface area contributed by atoms with Crippen LogP contribution in [0, 0.1) is 5.92 Å². The topological polar surface area (TPSA) is 73.9 Å². The lowest BCUT2D eigenvalue weighted by atomic mass is 9.87. The van der Waals surface area contributed by atoms with Gasteiger partial charge in [-0.25, -0.2) is 4.79 Å². The van der Waals surface area contributed by atoms with Gasteiger partial charge in [-0.05, 0) is 61.4 Å². The first-order chi connectivity index (χ1) is 14.0. The summed E-state index contributed by atoms with van der Waals surface area (Å²) in [5.41, 5.74) is 2.15. The number of nitrogens with one attached hydrogen (secondary N) is 1. The minimum Gasteiger partial charge on any atom is -0.454 e. The molecule has 4 rings (SSSR count). The fourth-order valence-electron chi connectivity index (χ4n) is 3.70. The lowest BCUT2D eigenvalue weighted by molar-refractivity contribution is -0.129. The van der Waals surface area contributed by atoms with Gasteiger partial charge in [0.2, 0.25) is 6.79 Å². The minimum absolute atomic E-state index is 0.212. The zero-order valence-corrected chi connectivity index (χ0v) is 17.5. The van der Waals surface area contributed by atoms with Gasteiger partial charge in [-0.15, -0.1) is 11.3 Å². The van der Waals surface area contributed by atoms with Crippen molar-refractivity contribution in [3.63, 3.8) is 0 Å². The van der Waals surface area contributed by atoms with E-state index in [1.807, 2.05) is 24.3 Å². The molecule has 2 unspecified atom stereocenters. The molecule has 154 valence electrons. The molecular weight excluding hydrogens is 390 g/mol. The molecule has 0 spiro atoms. The summed E-state index contributed by atoms with van der Waals surface area (Å²) in [6.45, 7) is 4.33. The van der Waals surface area contributed by atoms with Crippen LogP contribution in [0.3, 0.4) is 0 Å². The molecular formula is C22H25NO5S. The molecule has 2 atom stereocenters. The number of fused-ring (bicyclic) bond motifs is 2. The highest BCUT2D eigenvalue weighted by molar-refractivity contribution is 7.14. The smallest absolute Gasteiger partial charge is 0.349 e. The van der Waals surface area contributed by atoms with E-state index in [4.69, 9.17) is 14.2 Å². The Balaban J connectivity index is 1.30. The molecule has 0 saturated heterocycles. The predicted octanol–water partition coefficient (Wildman–Crippen LogP) is 3.85. The molecule has 1 aliphatic heterocycles. The third kappa shape index (κ3) is 4.40. The van der Waals surface area contributed by atoms with Gasteiger partial charge in [0, 0.05) is 11.4 Å². The van der Waals surface area contributed by atoms with Crippen molar-refractivity contribution in [3.05, 3.63) is 45.1 Å². The lowest BCUT2D eigenvalue weighted by Crippen LogP contribution is -2.35. The maximum absolute atomic E-state index is 12.5. The number of benzene rings is 1. The number of hydrogen-bond donors (Lipinski definition) is 1. The molecule has 6 nitrogen and oxygen atoms in total. The normalized spacial score (nSPS) is 18.1. The molecule has 7 heteroatoms. The van der Waals surface area contributed by atoms with Gasteiger partial charge in [-0.2, -0.15) is 0 Å². The number of thiophene rings is 1. The summed E-state index contributed by atoms with van der Waals surface area (Å²) in [6, 6.07) is 7.46. The van der Waals surface area contributed by atoms with Crippen LogP contribution in [-0.2, 0) is 28.9 Å². The van der Waals surface area contributed by atoms with Crippen LogP contribution in [-0.4, -0.2) is 24.8 Å². The third-order valence-corrected chi connectivity index (χ3v) is 6.74. The molecule has 1 aliphatic carbocycles. The van der Waals surface area contributed by atoms with Crippen LogP contribution in [0.25, 0.3) is 0 Å². The van der Waals surface area contributed by atoms with Crippen LogP contribution in [0.2, 0.25) is 0 Å². The number of carbonyl (C=O) groups excluding carboxylic acids is 2. The predicted molar refractivity (Wildman–Crippen MR) is 109 cm³/mol. The van der Waals surface area contributed by atoms with Gasteiger partial charge < -0.3 is 19.5 Å². The molecule has 2 heterocycles. The van der Waals surface area contributed by atoms with E-state index in [-0.39, 0.29) is 12.7 Å². The van der Waals surface area contributed by atoms with Crippen molar-refractivity contribution < 1.29 is 23.8 Å². The van der Waals surface area contributed by atoms with Gasteiger partial charge in [-0.3, -0.25) is 4.79 Å². The van der Waals surface area contributed by atoms with E-state index >= 15 is 0 Å². The zero-order chi connectivity index (χ0) is 20.4. The number of carbonyl (C=O) groups is 2. The van der Waals surface area contributed by atoms with E-state index in [1.54, 1.807) is 6.92 Å². The highest BCUT2D eigenvalue weighted by Gasteiger charge is 2.25. The number of amides is 1. The molecule has 0 fully saturated rings. The van der Waals surface area contributed by atoms with Gasteiger partial charge >= 0.3 is 5.97 Å². The Morgan fingerprint density at radius 1 is 1.28 bits per heavy atom. The monoisotopic (exact) mass is 415 g/mol. The fraction of sp³-hybridized carbons (Fsp3) is 0.455. The van der Waals surface area contributed by atoms with Gasteiger partial charge in [0.25, 0.3) is 5.91 Å². The Kier molecular flexibility index (Phi) is 5.76. The van der Waals surface area contributed by atoms with Crippen molar-refractivity contribution in [3.8, 4) is 11.5 Å². The Labute approximate surface area is 174 Å². The first-order valence-corrected chi connectivity index (χ1v) is 10.8. The van der Waals surface area contributed by atoms with Crippen LogP contribution < -0.4 is 14.8 Å². The highest BCUT2D eigenvalue weighted by atomic mass is 32.1.